The molecule has 0 aromatic carbocycles. The quantitative estimate of drug-likeness (QED) is 0.224. The van der Waals surface area contributed by atoms with Gasteiger partial charge >= 0.3 is 47.0 Å². The number of hydrogen-bond donors (Lipinski definition) is 0. The van der Waals surface area contributed by atoms with Crippen LogP contribution in [0.2, 0.25) is 0 Å². The average Bonchev–Trinajstić information content (AvgIpc) is 2.63. The molecule has 22 heteroatoms. The molecule has 0 heterocycles. The van der Waals surface area contributed by atoms with Gasteiger partial charge in [0, 0.05) is 19.0 Å². The smallest absolute Gasteiger partial charge is 0.206 e. The van der Waals surface area contributed by atoms with Gasteiger partial charge in [0.25, 0.3) is 10.0 Å². The Morgan fingerprint density at radius 1 is 0.588 bits per heavy atom. The maximum absolute atomic E-state index is 13.9. The third-order valence-corrected chi connectivity index (χ3v) is 6.24. The van der Waals surface area contributed by atoms with E-state index in [1.54, 1.807) is 0 Å². The lowest BCUT2D eigenvalue weighted by atomic mass is 9.91. The first-order valence-electron chi connectivity index (χ1n) is 7.79. The van der Waals surface area contributed by atoms with Crippen LogP contribution in [0.4, 0.5) is 74.6 Å². The number of rotatable bonds is 11. The fourth-order valence-electron chi connectivity index (χ4n) is 2.02. The average molecular weight is 590 g/mol. The minimum absolute atomic E-state index is 0.568. The molecule has 0 fully saturated rings. The van der Waals surface area contributed by atoms with E-state index in [1.165, 1.54) is 0 Å². The molecule has 0 aromatic heterocycles. The third kappa shape index (κ3) is 4.15. The maximum Gasteiger partial charge on any atom is 0.460 e. The second-order valence-electron chi connectivity index (χ2n) is 6.15. The molecule has 0 aliphatic carbocycles. The molecule has 0 N–H and O–H groups in total. The number of alkyl halides is 18. The van der Waals surface area contributed by atoms with Crippen molar-refractivity contribution in [2.24, 2.45) is 0 Å². The van der Waals surface area contributed by atoms with E-state index in [2.05, 4.69) is 0 Å². The highest BCUT2D eigenvalue weighted by Gasteiger charge is 2.96. The standard InChI is InChI=1S/C12H9ClF17NO2S/c1-2-31(4-3-13)34(32,33)12(29,30)10(24,25)8(20,21)6(16,17)5(14,15)7(18,19)9(22,23)11(26,27)28/h2-4H2,1H3. The molecule has 34 heavy (non-hydrogen) atoms. The van der Waals surface area contributed by atoms with Crippen molar-refractivity contribution in [1.82, 2.24) is 4.31 Å². The van der Waals surface area contributed by atoms with Crippen LogP contribution in [0.25, 0.3) is 0 Å². The van der Waals surface area contributed by atoms with Gasteiger partial charge in [0.05, 0.1) is 0 Å². The minimum Gasteiger partial charge on any atom is -0.206 e. The summed E-state index contributed by atoms with van der Waals surface area (Å²) < 4.78 is 246. The molecule has 3 nitrogen and oxygen atoms in total. The van der Waals surface area contributed by atoms with Crippen LogP contribution >= 0.6 is 11.6 Å². The first kappa shape index (κ1) is 33.0. The predicted octanol–water partition coefficient (Wildman–Crippen LogP) is 5.84. The summed E-state index contributed by atoms with van der Waals surface area (Å²) in [5, 5.41) is -7.55. The van der Waals surface area contributed by atoms with Crippen LogP contribution < -0.4 is 0 Å². The third-order valence-electron chi connectivity index (χ3n) is 4.04. The normalized spacial score (nSPS) is 16.4. The van der Waals surface area contributed by atoms with Gasteiger partial charge in [0.2, 0.25) is 0 Å². The van der Waals surface area contributed by atoms with Crippen molar-refractivity contribution in [3.05, 3.63) is 0 Å². The summed E-state index contributed by atoms with van der Waals surface area (Å²) in [6.45, 7) is -2.15. The highest BCUT2D eigenvalue weighted by atomic mass is 35.5. The van der Waals surface area contributed by atoms with E-state index >= 15 is 0 Å². The lowest BCUT2D eigenvalue weighted by molar-refractivity contribution is -0.458. The lowest BCUT2D eigenvalue weighted by Crippen LogP contribution is -2.75. The van der Waals surface area contributed by atoms with Gasteiger partial charge in [-0.2, -0.15) is 78.9 Å². The van der Waals surface area contributed by atoms with Gasteiger partial charge in [-0.1, -0.05) is 6.92 Å². The van der Waals surface area contributed by atoms with E-state index in [4.69, 9.17) is 11.6 Å². The summed E-state index contributed by atoms with van der Waals surface area (Å²) in [5.41, 5.74) is 0. The molecule has 206 valence electrons. The van der Waals surface area contributed by atoms with Crippen LogP contribution in [-0.4, -0.2) is 78.7 Å². The Morgan fingerprint density at radius 3 is 1.15 bits per heavy atom. The predicted molar refractivity (Wildman–Crippen MR) is 77.6 cm³/mol. The van der Waals surface area contributed by atoms with Gasteiger partial charge in [-0.05, 0) is 0 Å². The largest absolute Gasteiger partial charge is 0.460 e. The lowest BCUT2D eigenvalue weighted by Gasteiger charge is -2.43. The van der Waals surface area contributed by atoms with Crippen molar-refractivity contribution in [2.45, 2.75) is 53.9 Å². The molecular weight excluding hydrogens is 581 g/mol. The van der Waals surface area contributed by atoms with Gasteiger partial charge in [-0.3, -0.25) is 0 Å². The molecule has 0 unspecified atom stereocenters. The molecule has 0 aliphatic heterocycles. The molecule has 0 rings (SSSR count). The Hall–Kier alpha value is -0.990. The fraction of sp³-hybridized carbons (Fsp3) is 1.00. The molecule has 0 aromatic rings. The SMILES string of the molecule is CCN(CCCl)S(=O)(=O)C(F)(F)C(F)(F)C(F)(F)C(F)(F)C(F)(F)C(F)(F)C(F)(F)C(F)(F)F. The van der Waals surface area contributed by atoms with Crippen molar-refractivity contribution < 1.29 is 83.1 Å². The second kappa shape index (κ2) is 8.84. The summed E-state index contributed by atoms with van der Waals surface area (Å²) in [4.78, 5) is 0. The summed E-state index contributed by atoms with van der Waals surface area (Å²) >= 11 is 4.95. The Kier molecular flexibility index (Phi) is 8.58. The van der Waals surface area contributed by atoms with E-state index in [0.717, 1.165) is 0 Å². The van der Waals surface area contributed by atoms with Gasteiger partial charge in [0.15, 0.2) is 0 Å². The van der Waals surface area contributed by atoms with E-state index < -0.39 is 80.3 Å². The van der Waals surface area contributed by atoms with Crippen molar-refractivity contribution in [3.63, 3.8) is 0 Å². The number of nitrogens with zero attached hydrogens (tertiary/aromatic N) is 1. The van der Waals surface area contributed by atoms with Crippen LogP contribution in [-0.2, 0) is 10.0 Å². The fourth-order valence-corrected chi connectivity index (χ4v) is 3.77. The minimum atomic E-state index is -8.84. The Morgan fingerprint density at radius 2 is 0.882 bits per heavy atom. The molecule has 0 radical (unpaired) electrons. The number of halogens is 18. The van der Waals surface area contributed by atoms with Crippen molar-refractivity contribution in [2.75, 3.05) is 19.0 Å². The van der Waals surface area contributed by atoms with E-state index in [-0.39, 0.29) is 0 Å². The molecule has 0 atom stereocenters. The van der Waals surface area contributed by atoms with E-state index in [9.17, 15) is 83.1 Å². The topological polar surface area (TPSA) is 37.4 Å². The van der Waals surface area contributed by atoms with E-state index in [1.807, 2.05) is 0 Å². The summed E-state index contributed by atoms with van der Waals surface area (Å²) in [6.07, 6.45) is -7.87. The molecule has 0 spiro atoms. The highest BCUT2D eigenvalue weighted by molar-refractivity contribution is 7.90. The van der Waals surface area contributed by atoms with Crippen LogP contribution in [0.1, 0.15) is 6.92 Å². The summed E-state index contributed by atoms with van der Waals surface area (Å²) in [6, 6.07) is 0. The van der Waals surface area contributed by atoms with Gasteiger partial charge < -0.3 is 0 Å². The van der Waals surface area contributed by atoms with Crippen LogP contribution in [0, 0.1) is 0 Å². The van der Waals surface area contributed by atoms with Crippen molar-refractivity contribution in [3.8, 4) is 0 Å². The highest BCUT2D eigenvalue weighted by Crippen LogP contribution is 2.64. The summed E-state index contributed by atoms with van der Waals surface area (Å²) in [7, 11) is -7.25. The van der Waals surface area contributed by atoms with Crippen LogP contribution in [0.5, 0.6) is 0 Å². The Labute approximate surface area is 182 Å². The molecule has 0 bridgehead atoms. The van der Waals surface area contributed by atoms with Gasteiger partial charge in [-0.15, -0.1) is 11.6 Å². The molecule has 0 saturated carbocycles. The zero-order valence-electron chi connectivity index (χ0n) is 15.6. The van der Waals surface area contributed by atoms with Crippen molar-refractivity contribution in [1.29, 1.82) is 0 Å². The second-order valence-corrected chi connectivity index (χ2v) is 8.50. The Balaban J connectivity index is 7.01. The van der Waals surface area contributed by atoms with E-state index in [0.29, 0.717) is 6.92 Å². The van der Waals surface area contributed by atoms with Gasteiger partial charge in [0.1, 0.15) is 0 Å². The maximum atomic E-state index is 13.9. The first-order chi connectivity index (χ1) is 14.5. The zero-order chi connectivity index (χ0) is 28.2. The van der Waals surface area contributed by atoms with Crippen LogP contribution in [0.15, 0.2) is 0 Å². The molecule has 0 amide bonds. The zero-order valence-corrected chi connectivity index (χ0v) is 17.2. The number of sulfonamides is 1. The molecule has 0 aliphatic rings. The molecular formula is C12H9ClF17NO2S. The Bertz CT molecular complexity index is 838. The van der Waals surface area contributed by atoms with Crippen molar-refractivity contribution >= 4 is 21.6 Å². The monoisotopic (exact) mass is 589 g/mol. The van der Waals surface area contributed by atoms with Gasteiger partial charge in [-0.25, -0.2) is 8.42 Å². The van der Waals surface area contributed by atoms with Crippen LogP contribution in [0.3, 0.4) is 0 Å². The number of hydrogen-bond acceptors (Lipinski definition) is 2. The molecule has 0 saturated heterocycles. The first-order valence-corrected chi connectivity index (χ1v) is 9.76. The summed E-state index contributed by atoms with van der Waals surface area (Å²) in [5.74, 6) is -52.6.